The number of rotatable bonds is 2. The molecule has 0 unspecified atom stereocenters. The van der Waals surface area contributed by atoms with Gasteiger partial charge in [-0.2, -0.15) is 0 Å². The minimum absolute atomic E-state index is 0.668. The van der Waals surface area contributed by atoms with E-state index in [1.165, 1.54) is 5.56 Å². The van der Waals surface area contributed by atoms with Gasteiger partial charge in [0, 0.05) is 17.3 Å². The third-order valence-electron chi connectivity index (χ3n) is 2.89. The molecule has 0 fully saturated rings. The van der Waals surface area contributed by atoms with Crippen molar-refractivity contribution < 1.29 is 4.74 Å². The Hall–Kier alpha value is -1.68. The zero-order valence-electron chi connectivity index (χ0n) is 10.1. The number of H-pyrrole nitrogens is 1. The molecule has 4 heteroatoms. The van der Waals surface area contributed by atoms with Crippen molar-refractivity contribution in [3.05, 3.63) is 40.4 Å². The van der Waals surface area contributed by atoms with Crippen molar-refractivity contribution in [3.8, 4) is 16.9 Å². The van der Waals surface area contributed by atoms with Crippen LogP contribution in [-0.4, -0.2) is 17.1 Å². The van der Waals surface area contributed by atoms with Crippen molar-refractivity contribution in [2.24, 2.45) is 0 Å². The van der Waals surface area contributed by atoms with Crippen LogP contribution >= 0.6 is 12.2 Å². The van der Waals surface area contributed by atoms with Gasteiger partial charge in [-0.3, -0.25) is 0 Å². The first-order valence-electron chi connectivity index (χ1n) is 5.32. The molecule has 2 aromatic rings. The van der Waals surface area contributed by atoms with E-state index in [9.17, 15) is 0 Å². The smallest absolute Gasteiger partial charge is 0.130 e. The highest BCUT2D eigenvalue weighted by Gasteiger charge is 2.11. The number of benzene rings is 1. The largest absolute Gasteiger partial charge is 0.496 e. The molecule has 1 aromatic carbocycles. The molecule has 0 saturated carbocycles. The summed E-state index contributed by atoms with van der Waals surface area (Å²) in [4.78, 5) is 7.00. The number of nitrogens with zero attached hydrogens (tertiary/aromatic N) is 1. The zero-order chi connectivity index (χ0) is 12.4. The molecular weight excluding hydrogens is 232 g/mol. The number of hydrogen-bond acceptors (Lipinski definition) is 3. The van der Waals surface area contributed by atoms with E-state index >= 15 is 0 Å². The molecule has 0 aliphatic rings. The van der Waals surface area contributed by atoms with Crippen LogP contribution in [0.25, 0.3) is 11.1 Å². The quantitative estimate of drug-likeness (QED) is 0.825. The van der Waals surface area contributed by atoms with Crippen molar-refractivity contribution >= 4 is 12.2 Å². The highest BCUT2D eigenvalue weighted by molar-refractivity contribution is 7.71. The van der Waals surface area contributed by atoms with Gasteiger partial charge in [0.15, 0.2) is 0 Å². The molecule has 88 valence electrons. The Morgan fingerprint density at radius 2 is 2.00 bits per heavy atom. The van der Waals surface area contributed by atoms with Gasteiger partial charge in [-0.15, -0.1) is 0 Å². The third kappa shape index (κ3) is 2.08. The molecule has 0 amide bonds. The molecule has 2 rings (SSSR count). The van der Waals surface area contributed by atoms with Gasteiger partial charge < -0.3 is 9.72 Å². The van der Waals surface area contributed by atoms with E-state index < -0.39 is 0 Å². The average Bonchev–Trinajstić information content (AvgIpc) is 2.33. The Labute approximate surface area is 105 Å². The van der Waals surface area contributed by atoms with Gasteiger partial charge in [-0.25, -0.2) is 4.98 Å². The number of aromatic amines is 1. The van der Waals surface area contributed by atoms with Crippen LogP contribution in [0.5, 0.6) is 5.75 Å². The first-order chi connectivity index (χ1) is 8.15. The maximum absolute atomic E-state index is 5.48. The molecule has 0 radical (unpaired) electrons. The summed E-state index contributed by atoms with van der Waals surface area (Å²) in [6.07, 6.45) is 3.34. The molecular formula is C13H14N2OS. The Bertz CT molecular complexity index is 605. The molecule has 17 heavy (non-hydrogen) atoms. The summed E-state index contributed by atoms with van der Waals surface area (Å²) in [6, 6.07) is 4.08. The maximum atomic E-state index is 5.48. The summed E-state index contributed by atoms with van der Waals surface area (Å²) in [7, 11) is 1.68. The molecule has 1 heterocycles. The number of hydrogen-bond donors (Lipinski definition) is 1. The average molecular weight is 246 g/mol. The van der Waals surface area contributed by atoms with Crippen molar-refractivity contribution in [1.82, 2.24) is 9.97 Å². The molecule has 1 N–H and O–H groups in total. The minimum Gasteiger partial charge on any atom is -0.496 e. The Morgan fingerprint density at radius 3 is 2.65 bits per heavy atom. The van der Waals surface area contributed by atoms with Crippen molar-refractivity contribution in [2.75, 3.05) is 7.11 Å². The second kappa shape index (κ2) is 4.67. The zero-order valence-corrected chi connectivity index (χ0v) is 10.9. The highest BCUT2D eigenvalue weighted by atomic mass is 32.1. The molecule has 0 aliphatic carbocycles. The summed E-state index contributed by atoms with van der Waals surface area (Å²) in [5.41, 5.74) is 4.19. The van der Waals surface area contributed by atoms with Gasteiger partial charge in [0.2, 0.25) is 0 Å². The van der Waals surface area contributed by atoms with E-state index in [-0.39, 0.29) is 0 Å². The van der Waals surface area contributed by atoms with E-state index in [1.54, 1.807) is 19.6 Å². The predicted octanol–water partition coefficient (Wildman–Crippen LogP) is 3.43. The maximum Gasteiger partial charge on any atom is 0.130 e. The van der Waals surface area contributed by atoms with E-state index in [0.29, 0.717) is 4.64 Å². The number of aryl methyl sites for hydroxylation is 1. The normalized spacial score (nSPS) is 10.3. The van der Waals surface area contributed by atoms with E-state index in [4.69, 9.17) is 17.0 Å². The minimum atomic E-state index is 0.668. The molecule has 1 aromatic heterocycles. The molecule has 0 aliphatic heterocycles. The molecule has 0 spiro atoms. The number of methoxy groups -OCH3 is 1. The van der Waals surface area contributed by atoms with Crippen LogP contribution in [0.3, 0.4) is 0 Å². The van der Waals surface area contributed by atoms with Crippen LogP contribution in [0.4, 0.5) is 0 Å². The fourth-order valence-electron chi connectivity index (χ4n) is 1.80. The Kier molecular flexibility index (Phi) is 3.24. The van der Waals surface area contributed by atoms with Crippen LogP contribution in [0.2, 0.25) is 0 Å². The summed E-state index contributed by atoms with van der Waals surface area (Å²) >= 11 is 5.27. The third-order valence-corrected chi connectivity index (χ3v) is 3.23. The van der Waals surface area contributed by atoms with Gasteiger partial charge in [0.1, 0.15) is 10.4 Å². The summed E-state index contributed by atoms with van der Waals surface area (Å²) in [5.74, 6) is 0.859. The van der Waals surface area contributed by atoms with Crippen LogP contribution < -0.4 is 4.74 Å². The predicted molar refractivity (Wildman–Crippen MR) is 70.9 cm³/mol. The lowest BCUT2D eigenvalue weighted by Gasteiger charge is -2.13. The lowest BCUT2D eigenvalue weighted by atomic mass is 10.0. The van der Waals surface area contributed by atoms with Gasteiger partial charge >= 0.3 is 0 Å². The molecule has 0 atom stereocenters. The SMILES string of the molecule is COc1c(-c2cnc[nH]c2=S)ccc(C)c1C. The van der Waals surface area contributed by atoms with Crippen molar-refractivity contribution in [3.63, 3.8) is 0 Å². The second-order valence-electron chi connectivity index (χ2n) is 3.88. The molecule has 3 nitrogen and oxygen atoms in total. The molecule has 0 bridgehead atoms. The lowest BCUT2D eigenvalue weighted by molar-refractivity contribution is 0.413. The Morgan fingerprint density at radius 1 is 1.24 bits per heavy atom. The number of nitrogens with one attached hydrogen (secondary N) is 1. The topological polar surface area (TPSA) is 37.9 Å². The highest BCUT2D eigenvalue weighted by Crippen LogP contribution is 2.34. The first-order valence-corrected chi connectivity index (χ1v) is 5.73. The summed E-state index contributed by atoms with van der Waals surface area (Å²) < 4.78 is 6.15. The lowest BCUT2D eigenvalue weighted by Crippen LogP contribution is -1.95. The van der Waals surface area contributed by atoms with Gasteiger partial charge in [0.25, 0.3) is 0 Å². The van der Waals surface area contributed by atoms with Gasteiger partial charge in [-0.1, -0.05) is 24.4 Å². The van der Waals surface area contributed by atoms with Crippen molar-refractivity contribution in [2.45, 2.75) is 13.8 Å². The summed E-state index contributed by atoms with van der Waals surface area (Å²) in [6.45, 7) is 4.10. The van der Waals surface area contributed by atoms with Crippen LogP contribution in [0.1, 0.15) is 11.1 Å². The second-order valence-corrected chi connectivity index (χ2v) is 4.29. The van der Waals surface area contributed by atoms with Crippen LogP contribution in [0, 0.1) is 18.5 Å². The Balaban J connectivity index is 2.73. The summed E-state index contributed by atoms with van der Waals surface area (Å²) in [5, 5.41) is 0. The van der Waals surface area contributed by atoms with Gasteiger partial charge in [-0.05, 0) is 25.0 Å². The first kappa shape index (κ1) is 11.8. The number of aromatic nitrogens is 2. The van der Waals surface area contributed by atoms with E-state index in [1.807, 2.05) is 13.0 Å². The number of ether oxygens (including phenoxy) is 1. The van der Waals surface area contributed by atoms with E-state index in [2.05, 4.69) is 23.0 Å². The van der Waals surface area contributed by atoms with Crippen molar-refractivity contribution in [1.29, 1.82) is 0 Å². The molecule has 0 saturated heterocycles. The fourth-order valence-corrected chi connectivity index (χ4v) is 2.02. The van der Waals surface area contributed by atoms with Crippen LogP contribution in [0.15, 0.2) is 24.7 Å². The standard InChI is InChI=1S/C13H14N2OS/c1-8-4-5-10(12(16-3)9(8)2)11-6-14-7-15-13(11)17/h4-7H,1-3H3,(H,14,15,17). The fraction of sp³-hybridized carbons (Fsp3) is 0.231. The van der Waals surface area contributed by atoms with Gasteiger partial charge in [0.05, 0.1) is 13.4 Å². The monoisotopic (exact) mass is 246 g/mol. The van der Waals surface area contributed by atoms with E-state index in [0.717, 1.165) is 22.4 Å². The van der Waals surface area contributed by atoms with Crippen LogP contribution in [-0.2, 0) is 0 Å².